The van der Waals surface area contributed by atoms with E-state index < -0.39 is 6.04 Å². The monoisotopic (exact) mass is 275 g/mol. The Hall–Kier alpha value is -1.39. The van der Waals surface area contributed by atoms with Crippen LogP contribution in [0.1, 0.15) is 18.4 Å². The molecule has 1 aromatic carbocycles. The number of hydrogen-bond donors (Lipinski definition) is 1. The number of amides is 1. The molecule has 1 amide bonds. The van der Waals surface area contributed by atoms with Crippen LogP contribution in [0, 0.1) is 0 Å². The van der Waals surface area contributed by atoms with Crippen LogP contribution in [-0.4, -0.2) is 55.0 Å². The van der Waals surface area contributed by atoms with Crippen molar-refractivity contribution in [1.82, 2.24) is 9.80 Å². The first-order valence-corrected chi connectivity index (χ1v) is 7.43. The van der Waals surface area contributed by atoms with Crippen LogP contribution in [-0.2, 0) is 11.2 Å². The van der Waals surface area contributed by atoms with E-state index in [1.165, 1.54) is 12.8 Å². The van der Waals surface area contributed by atoms with Crippen LogP contribution in [0.25, 0.3) is 0 Å². The Bertz CT molecular complexity index is 415. The molecule has 1 unspecified atom stereocenters. The minimum Gasteiger partial charge on any atom is -0.343 e. The van der Waals surface area contributed by atoms with Gasteiger partial charge in [0.05, 0.1) is 6.04 Å². The summed E-state index contributed by atoms with van der Waals surface area (Å²) in [5, 5.41) is 0. The average molecular weight is 275 g/mol. The molecular formula is C16H25N3O. The van der Waals surface area contributed by atoms with Crippen molar-refractivity contribution in [3.63, 3.8) is 0 Å². The number of carbonyl (C=O) groups excluding carboxylic acids is 1. The largest absolute Gasteiger partial charge is 0.343 e. The number of nitrogens with two attached hydrogens (primary N) is 1. The highest BCUT2D eigenvalue weighted by atomic mass is 16.2. The quantitative estimate of drug-likeness (QED) is 0.846. The van der Waals surface area contributed by atoms with Crippen LogP contribution in [0.2, 0.25) is 0 Å². The smallest absolute Gasteiger partial charge is 0.239 e. The minimum atomic E-state index is -0.444. The Kier molecular flexibility index (Phi) is 5.56. The Morgan fingerprint density at radius 3 is 2.60 bits per heavy atom. The zero-order valence-electron chi connectivity index (χ0n) is 12.3. The molecule has 1 aliphatic rings. The van der Waals surface area contributed by atoms with Crippen molar-refractivity contribution in [2.75, 3.05) is 33.2 Å². The van der Waals surface area contributed by atoms with Crippen LogP contribution < -0.4 is 5.73 Å². The molecule has 0 spiro atoms. The summed E-state index contributed by atoms with van der Waals surface area (Å²) in [5.41, 5.74) is 7.14. The molecule has 2 N–H and O–H groups in total. The fraction of sp³-hybridized carbons (Fsp3) is 0.562. The van der Waals surface area contributed by atoms with E-state index in [2.05, 4.69) is 4.90 Å². The molecular weight excluding hydrogens is 250 g/mol. The minimum absolute atomic E-state index is 0.0352. The topological polar surface area (TPSA) is 49.6 Å². The van der Waals surface area contributed by atoms with Gasteiger partial charge in [0.1, 0.15) is 0 Å². The maximum Gasteiger partial charge on any atom is 0.239 e. The van der Waals surface area contributed by atoms with Gasteiger partial charge in [-0.05, 0) is 37.9 Å². The third-order valence-corrected chi connectivity index (χ3v) is 3.94. The molecule has 0 aliphatic carbocycles. The SMILES string of the molecule is CN(CCN1CCCC1)C(=O)C(N)Cc1ccccc1. The summed E-state index contributed by atoms with van der Waals surface area (Å²) in [6.45, 7) is 4.05. The Balaban J connectivity index is 1.76. The lowest BCUT2D eigenvalue weighted by Gasteiger charge is -2.24. The maximum absolute atomic E-state index is 12.2. The normalized spacial score (nSPS) is 17.1. The van der Waals surface area contributed by atoms with Gasteiger partial charge in [-0.2, -0.15) is 0 Å². The van der Waals surface area contributed by atoms with Gasteiger partial charge in [0.2, 0.25) is 5.91 Å². The molecule has 1 aromatic rings. The average Bonchev–Trinajstić information content (AvgIpc) is 2.98. The van der Waals surface area contributed by atoms with Crippen molar-refractivity contribution >= 4 is 5.91 Å². The van der Waals surface area contributed by atoms with E-state index in [1.807, 2.05) is 37.4 Å². The van der Waals surface area contributed by atoms with E-state index in [0.717, 1.165) is 31.7 Å². The van der Waals surface area contributed by atoms with E-state index in [1.54, 1.807) is 4.90 Å². The molecule has 0 aromatic heterocycles. The van der Waals surface area contributed by atoms with Gasteiger partial charge >= 0.3 is 0 Å². The van der Waals surface area contributed by atoms with E-state index in [4.69, 9.17) is 5.73 Å². The zero-order valence-corrected chi connectivity index (χ0v) is 12.3. The molecule has 4 heteroatoms. The molecule has 0 radical (unpaired) electrons. The van der Waals surface area contributed by atoms with Crippen LogP contribution in [0.4, 0.5) is 0 Å². The predicted molar refractivity (Wildman–Crippen MR) is 81.4 cm³/mol. The lowest BCUT2D eigenvalue weighted by Crippen LogP contribution is -2.45. The van der Waals surface area contributed by atoms with Crippen molar-refractivity contribution < 1.29 is 4.79 Å². The lowest BCUT2D eigenvalue weighted by atomic mass is 10.1. The van der Waals surface area contributed by atoms with Gasteiger partial charge in [0.15, 0.2) is 0 Å². The van der Waals surface area contributed by atoms with Crippen molar-refractivity contribution in [1.29, 1.82) is 0 Å². The molecule has 1 atom stereocenters. The number of benzene rings is 1. The summed E-state index contributed by atoms with van der Waals surface area (Å²) >= 11 is 0. The Morgan fingerprint density at radius 1 is 1.30 bits per heavy atom. The second-order valence-electron chi connectivity index (χ2n) is 5.60. The first-order chi connectivity index (χ1) is 9.66. The fourth-order valence-corrected chi connectivity index (χ4v) is 2.65. The number of carbonyl (C=O) groups is 1. The third-order valence-electron chi connectivity index (χ3n) is 3.94. The first-order valence-electron chi connectivity index (χ1n) is 7.43. The van der Waals surface area contributed by atoms with E-state index >= 15 is 0 Å². The van der Waals surface area contributed by atoms with Crippen molar-refractivity contribution in [3.05, 3.63) is 35.9 Å². The molecule has 1 aliphatic heterocycles. The summed E-state index contributed by atoms with van der Waals surface area (Å²) < 4.78 is 0. The van der Waals surface area contributed by atoms with Crippen LogP contribution >= 0.6 is 0 Å². The van der Waals surface area contributed by atoms with E-state index in [0.29, 0.717) is 6.42 Å². The maximum atomic E-state index is 12.2. The first kappa shape index (κ1) is 15.0. The molecule has 4 nitrogen and oxygen atoms in total. The second-order valence-corrected chi connectivity index (χ2v) is 5.60. The molecule has 1 heterocycles. The number of hydrogen-bond acceptors (Lipinski definition) is 3. The van der Waals surface area contributed by atoms with Crippen molar-refractivity contribution in [3.8, 4) is 0 Å². The molecule has 1 saturated heterocycles. The van der Waals surface area contributed by atoms with Crippen molar-refractivity contribution in [2.24, 2.45) is 5.73 Å². The van der Waals surface area contributed by atoms with E-state index in [9.17, 15) is 4.79 Å². The molecule has 0 bridgehead atoms. The number of likely N-dealkylation sites (tertiary alicyclic amines) is 1. The highest BCUT2D eigenvalue weighted by Crippen LogP contribution is 2.07. The zero-order chi connectivity index (χ0) is 14.4. The highest BCUT2D eigenvalue weighted by molar-refractivity contribution is 5.81. The summed E-state index contributed by atoms with van der Waals surface area (Å²) in [6, 6.07) is 9.50. The van der Waals surface area contributed by atoms with Gasteiger partial charge in [-0.25, -0.2) is 0 Å². The molecule has 110 valence electrons. The van der Waals surface area contributed by atoms with E-state index in [-0.39, 0.29) is 5.91 Å². The van der Waals surface area contributed by atoms with Gasteiger partial charge in [-0.1, -0.05) is 30.3 Å². The van der Waals surface area contributed by atoms with Crippen LogP contribution in [0.3, 0.4) is 0 Å². The summed E-state index contributed by atoms with van der Waals surface area (Å²) in [4.78, 5) is 16.4. The second kappa shape index (κ2) is 7.41. The molecule has 0 saturated carbocycles. The molecule has 1 fully saturated rings. The van der Waals surface area contributed by atoms with Gasteiger partial charge in [-0.15, -0.1) is 0 Å². The Labute approximate surface area is 121 Å². The number of likely N-dealkylation sites (N-methyl/N-ethyl adjacent to an activating group) is 1. The van der Waals surface area contributed by atoms with Crippen LogP contribution in [0.5, 0.6) is 0 Å². The van der Waals surface area contributed by atoms with Gasteiger partial charge in [0, 0.05) is 20.1 Å². The predicted octanol–water partition coefficient (Wildman–Crippen LogP) is 1.11. The highest BCUT2D eigenvalue weighted by Gasteiger charge is 2.19. The molecule has 20 heavy (non-hydrogen) atoms. The summed E-state index contributed by atoms with van der Waals surface area (Å²) in [7, 11) is 1.85. The van der Waals surface area contributed by atoms with Gasteiger partial charge in [0.25, 0.3) is 0 Å². The van der Waals surface area contributed by atoms with Gasteiger partial charge < -0.3 is 15.5 Å². The number of rotatable bonds is 6. The number of nitrogens with zero attached hydrogens (tertiary/aromatic N) is 2. The van der Waals surface area contributed by atoms with Crippen molar-refractivity contribution in [2.45, 2.75) is 25.3 Å². The lowest BCUT2D eigenvalue weighted by molar-refractivity contribution is -0.131. The molecule has 2 rings (SSSR count). The van der Waals surface area contributed by atoms with Gasteiger partial charge in [-0.3, -0.25) is 4.79 Å². The fourth-order valence-electron chi connectivity index (χ4n) is 2.65. The summed E-state index contributed by atoms with van der Waals surface area (Å²) in [5.74, 6) is 0.0352. The summed E-state index contributed by atoms with van der Waals surface area (Å²) in [6.07, 6.45) is 3.17. The van der Waals surface area contributed by atoms with Crippen LogP contribution in [0.15, 0.2) is 30.3 Å². The standard InChI is InChI=1S/C16H25N3O/c1-18(11-12-19-9-5-6-10-19)16(20)15(17)13-14-7-3-2-4-8-14/h2-4,7-8,15H,5-6,9-13,17H2,1H3. The third kappa shape index (κ3) is 4.32. The Morgan fingerprint density at radius 2 is 1.95 bits per heavy atom.